The molecule has 0 radical (unpaired) electrons. The Hall–Kier alpha value is -2.47. The Morgan fingerprint density at radius 3 is 2.50 bits per heavy atom. The molecule has 148 valence electrons. The molecule has 0 saturated carbocycles. The number of nitriles is 1. The first-order chi connectivity index (χ1) is 13.5. The smallest absolute Gasteiger partial charge is 0.247 e. The van der Waals surface area contributed by atoms with Crippen molar-refractivity contribution in [1.82, 2.24) is 4.31 Å². The highest BCUT2D eigenvalue weighted by molar-refractivity contribution is 7.89. The van der Waals surface area contributed by atoms with Crippen molar-refractivity contribution in [2.45, 2.75) is 30.3 Å². The summed E-state index contributed by atoms with van der Waals surface area (Å²) >= 11 is 0. The van der Waals surface area contributed by atoms with Crippen LogP contribution in [0.5, 0.6) is 5.75 Å². The van der Waals surface area contributed by atoms with Gasteiger partial charge in [0.05, 0.1) is 18.7 Å². The van der Waals surface area contributed by atoms with Crippen molar-refractivity contribution >= 4 is 10.0 Å². The van der Waals surface area contributed by atoms with Crippen LogP contribution in [0.2, 0.25) is 0 Å². The number of benzene rings is 2. The first-order valence-corrected chi connectivity index (χ1v) is 10.3. The van der Waals surface area contributed by atoms with Gasteiger partial charge in [0.25, 0.3) is 0 Å². The van der Waals surface area contributed by atoms with Crippen LogP contribution < -0.4 is 4.74 Å². The fraction of sp³-hybridized carbons (Fsp3) is 0.350. The Bertz CT molecular complexity index is 965. The molecule has 0 atom stereocenters. The molecular formula is C20H21FN2O4S. The molecular weight excluding hydrogens is 383 g/mol. The molecule has 0 unspecified atom stereocenters. The maximum absolute atomic E-state index is 13.6. The minimum absolute atomic E-state index is 0.0531. The molecule has 3 rings (SSSR count). The average molecular weight is 404 g/mol. The number of nitrogens with zero attached hydrogens (tertiary/aromatic N) is 2. The van der Waals surface area contributed by atoms with E-state index in [0.29, 0.717) is 31.6 Å². The molecule has 0 amide bonds. The summed E-state index contributed by atoms with van der Waals surface area (Å²) in [5.41, 5.74) is 0.903. The summed E-state index contributed by atoms with van der Waals surface area (Å²) in [7, 11) is -2.59. The van der Waals surface area contributed by atoms with Crippen LogP contribution in [-0.2, 0) is 21.3 Å². The van der Waals surface area contributed by atoms with E-state index in [1.807, 2.05) is 6.07 Å². The number of sulfonamides is 1. The molecule has 1 saturated heterocycles. The fourth-order valence-electron chi connectivity index (χ4n) is 3.23. The second-order valence-electron chi connectivity index (χ2n) is 6.50. The van der Waals surface area contributed by atoms with Crippen LogP contribution in [-0.4, -0.2) is 39.1 Å². The lowest BCUT2D eigenvalue weighted by Crippen LogP contribution is -2.43. The molecule has 6 nitrogen and oxygen atoms in total. The molecule has 8 heteroatoms. The standard InChI is InChI=1S/C20H21FN2O4S/c1-26-19-7-4-16(13-22)12-20(19)28(24,25)23(18-8-10-27-11-9-18)14-15-2-5-17(21)6-3-15/h2-7,12,18H,8-11,14H2,1H3. The van der Waals surface area contributed by atoms with E-state index in [-0.39, 0.29) is 34.6 Å². The molecule has 2 aromatic rings. The van der Waals surface area contributed by atoms with Gasteiger partial charge in [-0.3, -0.25) is 0 Å². The Morgan fingerprint density at radius 2 is 1.89 bits per heavy atom. The summed E-state index contributed by atoms with van der Waals surface area (Å²) in [6.45, 7) is 1.03. The Morgan fingerprint density at radius 1 is 1.21 bits per heavy atom. The number of rotatable bonds is 6. The average Bonchev–Trinajstić information content (AvgIpc) is 2.73. The van der Waals surface area contributed by atoms with Crippen LogP contribution in [0.4, 0.5) is 4.39 Å². The van der Waals surface area contributed by atoms with E-state index in [4.69, 9.17) is 9.47 Å². The van der Waals surface area contributed by atoms with Crippen molar-refractivity contribution in [3.05, 3.63) is 59.4 Å². The number of halogens is 1. The third-order valence-electron chi connectivity index (χ3n) is 4.73. The summed E-state index contributed by atoms with van der Waals surface area (Å²) in [5, 5.41) is 9.19. The van der Waals surface area contributed by atoms with Gasteiger partial charge in [0.15, 0.2) is 0 Å². The largest absolute Gasteiger partial charge is 0.495 e. The monoisotopic (exact) mass is 404 g/mol. The molecule has 1 fully saturated rings. The normalized spacial score (nSPS) is 15.4. The predicted molar refractivity (Wildman–Crippen MR) is 101 cm³/mol. The van der Waals surface area contributed by atoms with E-state index >= 15 is 0 Å². The van der Waals surface area contributed by atoms with Crippen LogP contribution in [0.1, 0.15) is 24.0 Å². The Labute approximate surface area is 164 Å². The summed E-state index contributed by atoms with van der Waals surface area (Å²) in [4.78, 5) is -0.0531. The molecule has 28 heavy (non-hydrogen) atoms. The zero-order valence-corrected chi connectivity index (χ0v) is 16.3. The maximum atomic E-state index is 13.6. The molecule has 0 aromatic heterocycles. The highest BCUT2D eigenvalue weighted by Crippen LogP contribution is 2.32. The summed E-state index contributed by atoms with van der Waals surface area (Å²) in [6, 6.07) is 11.8. The molecule has 0 N–H and O–H groups in total. The molecule has 1 heterocycles. The van der Waals surface area contributed by atoms with Gasteiger partial charge in [0.1, 0.15) is 16.5 Å². The molecule has 0 bridgehead atoms. The number of ether oxygens (including phenoxy) is 2. The highest BCUT2D eigenvalue weighted by Gasteiger charge is 2.35. The van der Waals surface area contributed by atoms with Gasteiger partial charge in [-0.1, -0.05) is 12.1 Å². The minimum Gasteiger partial charge on any atom is -0.495 e. The van der Waals surface area contributed by atoms with E-state index in [1.165, 1.54) is 41.7 Å². The van der Waals surface area contributed by atoms with Gasteiger partial charge in [-0.05, 0) is 48.7 Å². The van der Waals surface area contributed by atoms with Crippen molar-refractivity contribution in [3.63, 3.8) is 0 Å². The lowest BCUT2D eigenvalue weighted by Gasteiger charge is -2.33. The highest BCUT2D eigenvalue weighted by atomic mass is 32.2. The van der Waals surface area contributed by atoms with E-state index < -0.39 is 10.0 Å². The topological polar surface area (TPSA) is 79.6 Å². The third kappa shape index (κ3) is 4.33. The molecule has 0 aliphatic carbocycles. The van der Waals surface area contributed by atoms with Crippen LogP contribution >= 0.6 is 0 Å². The number of hydrogen-bond donors (Lipinski definition) is 0. The van der Waals surface area contributed by atoms with Gasteiger partial charge in [-0.2, -0.15) is 9.57 Å². The third-order valence-corrected chi connectivity index (χ3v) is 6.65. The lowest BCUT2D eigenvalue weighted by molar-refractivity contribution is 0.0569. The summed E-state index contributed by atoms with van der Waals surface area (Å²) in [5.74, 6) is -0.206. The minimum atomic E-state index is -3.98. The Balaban J connectivity index is 2.05. The van der Waals surface area contributed by atoms with E-state index in [9.17, 15) is 18.1 Å². The van der Waals surface area contributed by atoms with Crippen molar-refractivity contribution in [2.75, 3.05) is 20.3 Å². The first-order valence-electron chi connectivity index (χ1n) is 8.88. The van der Waals surface area contributed by atoms with Gasteiger partial charge in [-0.15, -0.1) is 0 Å². The summed E-state index contributed by atoms with van der Waals surface area (Å²) < 4.78 is 52.4. The van der Waals surface area contributed by atoms with Crippen LogP contribution in [0.15, 0.2) is 47.4 Å². The zero-order valence-electron chi connectivity index (χ0n) is 15.5. The quantitative estimate of drug-likeness (QED) is 0.739. The molecule has 2 aromatic carbocycles. The van der Waals surface area contributed by atoms with Crippen molar-refractivity contribution in [3.8, 4) is 11.8 Å². The van der Waals surface area contributed by atoms with E-state index in [0.717, 1.165) is 0 Å². The fourth-order valence-corrected chi connectivity index (χ4v) is 5.08. The predicted octanol–water partition coefficient (Wildman–Crippen LogP) is 3.08. The zero-order chi connectivity index (χ0) is 20.1. The van der Waals surface area contributed by atoms with Gasteiger partial charge in [-0.25, -0.2) is 12.8 Å². The van der Waals surface area contributed by atoms with Crippen molar-refractivity contribution < 1.29 is 22.3 Å². The van der Waals surface area contributed by atoms with Crippen LogP contribution in [0.3, 0.4) is 0 Å². The van der Waals surface area contributed by atoms with Crippen LogP contribution in [0, 0.1) is 17.1 Å². The van der Waals surface area contributed by atoms with E-state index in [1.54, 1.807) is 12.1 Å². The van der Waals surface area contributed by atoms with Gasteiger partial charge in [0, 0.05) is 25.8 Å². The SMILES string of the molecule is COc1ccc(C#N)cc1S(=O)(=O)N(Cc1ccc(F)cc1)C1CCOCC1. The van der Waals surface area contributed by atoms with Gasteiger partial charge < -0.3 is 9.47 Å². The first kappa shape index (κ1) is 20.3. The van der Waals surface area contributed by atoms with Gasteiger partial charge >= 0.3 is 0 Å². The maximum Gasteiger partial charge on any atom is 0.247 e. The van der Waals surface area contributed by atoms with Crippen molar-refractivity contribution in [1.29, 1.82) is 5.26 Å². The van der Waals surface area contributed by atoms with Crippen molar-refractivity contribution in [2.24, 2.45) is 0 Å². The molecule has 1 aliphatic heterocycles. The number of hydrogen-bond acceptors (Lipinski definition) is 5. The molecule has 1 aliphatic rings. The number of methoxy groups -OCH3 is 1. The second kappa shape index (κ2) is 8.69. The lowest BCUT2D eigenvalue weighted by atomic mass is 10.1. The summed E-state index contributed by atoms with van der Waals surface area (Å²) in [6.07, 6.45) is 1.11. The molecule has 0 spiro atoms. The Kier molecular flexibility index (Phi) is 6.29. The van der Waals surface area contributed by atoms with Crippen LogP contribution in [0.25, 0.3) is 0 Å². The van der Waals surface area contributed by atoms with E-state index in [2.05, 4.69) is 0 Å². The second-order valence-corrected chi connectivity index (χ2v) is 8.36. The van der Waals surface area contributed by atoms with Gasteiger partial charge in [0.2, 0.25) is 10.0 Å².